The molecule has 7 heteroatoms. The van der Waals surface area contributed by atoms with Crippen molar-refractivity contribution in [3.63, 3.8) is 0 Å². The molecule has 1 aromatic heterocycles. The third-order valence-electron chi connectivity index (χ3n) is 4.26. The summed E-state index contributed by atoms with van der Waals surface area (Å²) >= 11 is 0. The van der Waals surface area contributed by atoms with E-state index in [2.05, 4.69) is 10.3 Å². The molecule has 0 fully saturated rings. The van der Waals surface area contributed by atoms with Gasteiger partial charge < -0.3 is 19.2 Å². The van der Waals surface area contributed by atoms with Crippen LogP contribution < -0.4 is 10.1 Å². The molecule has 162 valence electrons. The van der Waals surface area contributed by atoms with E-state index in [0.717, 1.165) is 16.9 Å². The van der Waals surface area contributed by atoms with Crippen LogP contribution in [0.1, 0.15) is 54.3 Å². The summed E-state index contributed by atoms with van der Waals surface area (Å²) in [6.45, 7) is 5.83. The molecule has 0 aliphatic carbocycles. The van der Waals surface area contributed by atoms with Crippen LogP contribution in [0.2, 0.25) is 0 Å². The normalized spacial score (nSPS) is 12.1. The van der Waals surface area contributed by atoms with Gasteiger partial charge >= 0.3 is 6.09 Å². The number of aldehydes is 1. The van der Waals surface area contributed by atoms with Gasteiger partial charge in [-0.15, -0.1) is 0 Å². The van der Waals surface area contributed by atoms with Crippen molar-refractivity contribution in [2.24, 2.45) is 0 Å². The monoisotopic (exact) mass is 422 g/mol. The largest absolute Gasteiger partial charge is 0.489 e. The number of nitrogens with one attached hydrogen (secondary N) is 1. The Labute approximate surface area is 181 Å². The highest BCUT2D eigenvalue weighted by Gasteiger charge is 2.24. The van der Waals surface area contributed by atoms with Crippen LogP contribution in [0.15, 0.2) is 65.3 Å². The minimum absolute atomic E-state index is 0.163. The van der Waals surface area contributed by atoms with Gasteiger partial charge in [-0.3, -0.25) is 4.79 Å². The highest BCUT2D eigenvalue weighted by atomic mass is 16.6. The highest BCUT2D eigenvalue weighted by molar-refractivity contribution is 5.71. The second-order valence-electron chi connectivity index (χ2n) is 8.05. The number of amides is 1. The topological polar surface area (TPSA) is 90.7 Å². The second-order valence-corrected chi connectivity index (χ2v) is 8.05. The summed E-state index contributed by atoms with van der Waals surface area (Å²) in [6, 6.07) is 16.9. The standard InChI is InChI=1S/C24H26N2O5/c1-24(2,3)31-23(28)26-21(22-25-19(14-27)16-30-22)13-17-9-11-20(12-10-17)29-15-18-7-5-4-6-8-18/h4-12,14,16,21H,13,15H2,1-3H3,(H,26,28)/t21-/m0/s1. The van der Waals surface area contributed by atoms with E-state index < -0.39 is 17.7 Å². The fourth-order valence-corrected chi connectivity index (χ4v) is 2.86. The average Bonchev–Trinajstić information content (AvgIpc) is 3.21. The van der Waals surface area contributed by atoms with Gasteiger partial charge in [0.15, 0.2) is 6.29 Å². The lowest BCUT2D eigenvalue weighted by Crippen LogP contribution is -2.36. The Balaban J connectivity index is 1.68. The molecule has 0 saturated heterocycles. The molecule has 3 rings (SSSR count). The second kappa shape index (κ2) is 9.93. The lowest BCUT2D eigenvalue weighted by Gasteiger charge is -2.22. The molecule has 7 nitrogen and oxygen atoms in total. The van der Waals surface area contributed by atoms with Crippen molar-refractivity contribution in [3.05, 3.63) is 83.6 Å². The Morgan fingerprint density at radius 3 is 2.42 bits per heavy atom. The van der Waals surface area contributed by atoms with Gasteiger partial charge in [-0.05, 0) is 44.0 Å². The molecule has 0 bridgehead atoms. The summed E-state index contributed by atoms with van der Waals surface area (Å²) in [6.07, 6.45) is 1.66. The lowest BCUT2D eigenvalue weighted by molar-refractivity contribution is 0.0495. The summed E-state index contributed by atoms with van der Waals surface area (Å²) in [5, 5.41) is 2.77. The molecule has 31 heavy (non-hydrogen) atoms. The summed E-state index contributed by atoms with van der Waals surface area (Å²) in [4.78, 5) is 27.4. The summed E-state index contributed by atoms with van der Waals surface area (Å²) in [5.74, 6) is 0.973. The van der Waals surface area contributed by atoms with Crippen LogP contribution in [-0.2, 0) is 17.8 Å². The quantitative estimate of drug-likeness (QED) is 0.521. The first kappa shape index (κ1) is 22.1. The maximum atomic E-state index is 12.3. The van der Waals surface area contributed by atoms with Crippen molar-refractivity contribution in [2.45, 2.75) is 45.4 Å². The number of carbonyl (C=O) groups is 2. The van der Waals surface area contributed by atoms with Crippen molar-refractivity contribution in [2.75, 3.05) is 0 Å². The molecule has 0 unspecified atom stereocenters. The van der Waals surface area contributed by atoms with Crippen LogP contribution in [0.5, 0.6) is 5.75 Å². The number of aromatic nitrogens is 1. The number of nitrogens with zero attached hydrogens (tertiary/aromatic N) is 1. The van der Waals surface area contributed by atoms with E-state index in [0.29, 0.717) is 19.3 Å². The predicted octanol–water partition coefficient (Wildman–Crippen LogP) is 4.87. The molecule has 0 aliphatic rings. The molecule has 1 N–H and O–H groups in total. The molecule has 1 amide bonds. The Kier molecular flexibility index (Phi) is 7.07. The summed E-state index contributed by atoms with van der Waals surface area (Å²) in [7, 11) is 0. The highest BCUT2D eigenvalue weighted by Crippen LogP contribution is 2.21. The minimum atomic E-state index is -0.642. The zero-order valence-electron chi connectivity index (χ0n) is 17.8. The molecule has 1 atom stereocenters. The Morgan fingerprint density at radius 2 is 1.81 bits per heavy atom. The van der Waals surface area contributed by atoms with Crippen LogP contribution in [-0.4, -0.2) is 23.0 Å². The van der Waals surface area contributed by atoms with Gasteiger partial charge in [0.25, 0.3) is 0 Å². The van der Waals surface area contributed by atoms with Crippen molar-refractivity contribution in [1.29, 1.82) is 0 Å². The van der Waals surface area contributed by atoms with E-state index >= 15 is 0 Å². The number of carbonyl (C=O) groups excluding carboxylic acids is 2. The van der Waals surface area contributed by atoms with E-state index in [1.54, 1.807) is 20.8 Å². The van der Waals surface area contributed by atoms with E-state index in [9.17, 15) is 9.59 Å². The number of alkyl carbamates (subject to hydrolysis) is 1. The van der Waals surface area contributed by atoms with E-state index in [4.69, 9.17) is 13.9 Å². The fourth-order valence-electron chi connectivity index (χ4n) is 2.86. The van der Waals surface area contributed by atoms with Crippen molar-refractivity contribution >= 4 is 12.4 Å². The summed E-state index contributed by atoms with van der Waals surface area (Å²) in [5.41, 5.74) is 1.54. The van der Waals surface area contributed by atoms with E-state index in [1.807, 2.05) is 54.6 Å². The number of benzene rings is 2. The van der Waals surface area contributed by atoms with Gasteiger partial charge in [0, 0.05) is 6.42 Å². The fraction of sp³-hybridized carbons (Fsp3) is 0.292. The number of hydrogen-bond donors (Lipinski definition) is 1. The first-order chi connectivity index (χ1) is 14.8. The molecular weight excluding hydrogens is 396 g/mol. The Hall–Kier alpha value is -3.61. The first-order valence-corrected chi connectivity index (χ1v) is 9.98. The molecule has 0 saturated carbocycles. The number of oxazole rings is 1. The van der Waals surface area contributed by atoms with Crippen molar-refractivity contribution < 1.29 is 23.5 Å². The van der Waals surface area contributed by atoms with Crippen LogP contribution in [0.4, 0.5) is 4.79 Å². The Morgan fingerprint density at radius 1 is 1.10 bits per heavy atom. The van der Waals surface area contributed by atoms with Crippen LogP contribution in [0.25, 0.3) is 0 Å². The lowest BCUT2D eigenvalue weighted by atomic mass is 10.1. The molecule has 0 radical (unpaired) electrons. The van der Waals surface area contributed by atoms with E-state index in [1.165, 1.54) is 6.26 Å². The number of rotatable bonds is 8. The van der Waals surface area contributed by atoms with Gasteiger partial charge in [-0.1, -0.05) is 42.5 Å². The molecular formula is C24H26N2O5. The van der Waals surface area contributed by atoms with Gasteiger partial charge in [-0.2, -0.15) is 0 Å². The number of hydrogen-bond acceptors (Lipinski definition) is 6. The number of ether oxygens (including phenoxy) is 2. The molecule has 1 heterocycles. The Bertz CT molecular complexity index is 991. The minimum Gasteiger partial charge on any atom is -0.489 e. The van der Waals surface area contributed by atoms with Crippen LogP contribution in [0.3, 0.4) is 0 Å². The zero-order chi connectivity index (χ0) is 22.3. The van der Waals surface area contributed by atoms with Crippen molar-refractivity contribution in [1.82, 2.24) is 10.3 Å². The van der Waals surface area contributed by atoms with Gasteiger partial charge in [0.1, 0.15) is 36.0 Å². The molecule has 0 aliphatic heterocycles. The molecule has 2 aromatic carbocycles. The molecule has 0 spiro atoms. The van der Waals surface area contributed by atoms with Crippen LogP contribution in [0, 0.1) is 0 Å². The first-order valence-electron chi connectivity index (χ1n) is 9.98. The van der Waals surface area contributed by atoms with Crippen LogP contribution >= 0.6 is 0 Å². The average molecular weight is 422 g/mol. The maximum Gasteiger partial charge on any atom is 0.408 e. The summed E-state index contributed by atoms with van der Waals surface area (Å²) < 4.78 is 16.6. The SMILES string of the molecule is CC(C)(C)OC(=O)N[C@@H](Cc1ccc(OCc2ccccc2)cc1)c1nc(C=O)co1. The molecule has 3 aromatic rings. The predicted molar refractivity (Wildman–Crippen MR) is 115 cm³/mol. The van der Waals surface area contributed by atoms with Gasteiger partial charge in [0.05, 0.1) is 0 Å². The maximum absolute atomic E-state index is 12.3. The van der Waals surface area contributed by atoms with Gasteiger partial charge in [0.2, 0.25) is 5.89 Å². The zero-order valence-corrected chi connectivity index (χ0v) is 17.8. The van der Waals surface area contributed by atoms with E-state index in [-0.39, 0.29) is 11.6 Å². The van der Waals surface area contributed by atoms with Gasteiger partial charge in [-0.25, -0.2) is 9.78 Å². The third kappa shape index (κ3) is 6.99. The third-order valence-corrected chi connectivity index (χ3v) is 4.26. The van der Waals surface area contributed by atoms with Crippen molar-refractivity contribution in [3.8, 4) is 5.75 Å². The smallest absolute Gasteiger partial charge is 0.408 e.